The van der Waals surface area contributed by atoms with Crippen molar-refractivity contribution < 1.29 is 24.2 Å². The van der Waals surface area contributed by atoms with Crippen LogP contribution in [0.15, 0.2) is 42.5 Å². The van der Waals surface area contributed by atoms with Gasteiger partial charge in [0.05, 0.1) is 6.61 Å². The number of hydrogen-bond donors (Lipinski definition) is 3. The summed E-state index contributed by atoms with van der Waals surface area (Å²) in [6, 6.07) is 11.1. The number of para-hydroxylation sites is 1. The summed E-state index contributed by atoms with van der Waals surface area (Å²) in [6.07, 6.45) is -0.115. The van der Waals surface area contributed by atoms with Crippen molar-refractivity contribution in [2.75, 3.05) is 18.5 Å². The summed E-state index contributed by atoms with van der Waals surface area (Å²) in [7, 11) is 0. The molecule has 0 aromatic heterocycles. The molecular weight excluding hydrogens is 482 g/mol. The molecular formula is C30H43N3O5. The van der Waals surface area contributed by atoms with Gasteiger partial charge in [-0.2, -0.15) is 0 Å². The third-order valence-corrected chi connectivity index (χ3v) is 6.46. The maximum atomic E-state index is 14.1. The first-order chi connectivity index (χ1) is 17.8. The second kappa shape index (κ2) is 13.4. The first-order valence-corrected chi connectivity index (χ1v) is 13.1. The first-order valence-electron chi connectivity index (χ1n) is 13.1. The first kappa shape index (κ1) is 30.8. The van der Waals surface area contributed by atoms with E-state index in [0.717, 1.165) is 16.7 Å². The number of anilines is 1. The number of amides is 3. The number of aliphatic hydroxyl groups is 1. The Hall–Kier alpha value is -3.39. The highest BCUT2D eigenvalue weighted by Gasteiger charge is 2.38. The summed E-state index contributed by atoms with van der Waals surface area (Å²) < 4.78 is 5.42. The molecule has 208 valence electrons. The van der Waals surface area contributed by atoms with Crippen molar-refractivity contribution in [2.45, 2.75) is 79.5 Å². The minimum absolute atomic E-state index is 0.0963. The lowest BCUT2D eigenvalue weighted by Crippen LogP contribution is -2.55. The van der Waals surface area contributed by atoms with E-state index in [4.69, 9.17) is 4.74 Å². The fraction of sp³-hybridized carbons (Fsp3) is 0.500. The van der Waals surface area contributed by atoms with Gasteiger partial charge in [-0.1, -0.05) is 62.2 Å². The summed E-state index contributed by atoms with van der Waals surface area (Å²) in [4.78, 5) is 42.1. The highest BCUT2D eigenvalue weighted by atomic mass is 16.6. The van der Waals surface area contributed by atoms with Crippen molar-refractivity contribution in [1.82, 2.24) is 10.2 Å². The van der Waals surface area contributed by atoms with Gasteiger partial charge >= 0.3 is 6.09 Å². The molecule has 0 aliphatic heterocycles. The van der Waals surface area contributed by atoms with Crippen LogP contribution in [0.2, 0.25) is 0 Å². The number of carbonyl (C=O) groups excluding carboxylic acids is 3. The van der Waals surface area contributed by atoms with E-state index in [-0.39, 0.29) is 19.1 Å². The van der Waals surface area contributed by atoms with Crippen LogP contribution in [0, 0.1) is 26.7 Å². The third-order valence-electron chi connectivity index (χ3n) is 6.46. The molecule has 2 aromatic carbocycles. The van der Waals surface area contributed by atoms with Gasteiger partial charge in [0, 0.05) is 12.2 Å². The number of carbonyl (C=O) groups is 3. The molecule has 0 heterocycles. The molecule has 0 aliphatic carbocycles. The number of benzene rings is 2. The second-order valence-corrected chi connectivity index (χ2v) is 10.8. The van der Waals surface area contributed by atoms with Crippen LogP contribution in [0.1, 0.15) is 69.3 Å². The Morgan fingerprint density at radius 2 is 1.68 bits per heavy atom. The third kappa shape index (κ3) is 8.31. The maximum Gasteiger partial charge on any atom is 0.408 e. The zero-order valence-corrected chi connectivity index (χ0v) is 23.9. The lowest BCUT2D eigenvalue weighted by Gasteiger charge is -2.36. The van der Waals surface area contributed by atoms with Crippen LogP contribution in [0.4, 0.5) is 10.5 Å². The van der Waals surface area contributed by atoms with Crippen molar-refractivity contribution in [2.24, 2.45) is 5.92 Å². The van der Waals surface area contributed by atoms with E-state index >= 15 is 0 Å². The molecule has 38 heavy (non-hydrogen) atoms. The van der Waals surface area contributed by atoms with E-state index < -0.39 is 35.6 Å². The average molecular weight is 526 g/mol. The van der Waals surface area contributed by atoms with Crippen LogP contribution in [0.3, 0.4) is 0 Å². The molecule has 2 rings (SSSR count). The van der Waals surface area contributed by atoms with Gasteiger partial charge in [-0.25, -0.2) is 4.79 Å². The van der Waals surface area contributed by atoms with Crippen LogP contribution in [-0.2, 0) is 14.3 Å². The molecule has 0 fully saturated rings. The van der Waals surface area contributed by atoms with Gasteiger partial charge in [-0.3, -0.25) is 9.59 Å². The van der Waals surface area contributed by atoms with Gasteiger partial charge < -0.3 is 25.4 Å². The van der Waals surface area contributed by atoms with Gasteiger partial charge in [-0.15, -0.1) is 0 Å². The number of rotatable bonds is 10. The lowest BCUT2D eigenvalue weighted by molar-refractivity contribution is -0.142. The number of ether oxygens (including phenoxy) is 1. The predicted octanol–water partition coefficient (Wildman–Crippen LogP) is 5.05. The Balaban J connectivity index is 2.57. The molecule has 8 heteroatoms. The van der Waals surface area contributed by atoms with E-state index in [0.29, 0.717) is 17.7 Å². The Morgan fingerprint density at radius 3 is 2.24 bits per heavy atom. The fourth-order valence-corrected chi connectivity index (χ4v) is 4.27. The van der Waals surface area contributed by atoms with Crippen LogP contribution >= 0.6 is 0 Å². The van der Waals surface area contributed by atoms with E-state index in [2.05, 4.69) is 10.6 Å². The molecule has 8 nitrogen and oxygen atoms in total. The summed E-state index contributed by atoms with van der Waals surface area (Å²) >= 11 is 0. The van der Waals surface area contributed by atoms with Crippen molar-refractivity contribution in [1.29, 1.82) is 0 Å². The van der Waals surface area contributed by atoms with E-state index in [1.54, 1.807) is 26.8 Å². The van der Waals surface area contributed by atoms with E-state index in [1.807, 2.05) is 71.0 Å². The van der Waals surface area contributed by atoms with Crippen molar-refractivity contribution in [3.63, 3.8) is 0 Å². The monoisotopic (exact) mass is 525 g/mol. The quantitative estimate of drug-likeness (QED) is 0.402. The van der Waals surface area contributed by atoms with Gasteiger partial charge in [0.2, 0.25) is 5.91 Å². The highest BCUT2D eigenvalue weighted by Crippen LogP contribution is 2.29. The molecule has 0 aliphatic rings. The SMILES string of the molecule is CCC(C)C(NC(=O)OC(C)(C)C)C(=O)N(CCO)C(C(=O)Nc1ccccc1C)c1ccc(C)cc1C. The van der Waals surface area contributed by atoms with Crippen LogP contribution in [0.25, 0.3) is 0 Å². The average Bonchev–Trinajstić information content (AvgIpc) is 2.83. The smallest absolute Gasteiger partial charge is 0.408 e. The van der Waals surface area contributed by atoms with E-state index in [9.17, 15) is 19.5 Å². The molecule has 3 atom stereocenters. The summed E-state index contributed by atoms with van der Waals surface area (Å²) in [5, 5.41) is 15.7. The zero-order chi connectivity index (χ0) is 28.6. The normalized spacial score (nSPS) is 13.7. The largest absolute Gasteiger partial charge is 0.444 e. The minimum atomic E-state index is -1.04. The lowest BCUT2D eigenvalue weighted by atomic mass is 9.93. The molecule has 3 amide bonds. The van der Waals surface area contributed by atoms with Crippen molar-refractivity contribution >= 4 is 23.6 Å². The highest BCUT2D eigenvalue weighted by molar-refractivity contribution is 5.99. The molecule has 3 unspecified atom stereocenters. The maximum absolute atomic E-state index is 14.1. The Kier molecular flexibility index (Phi) is 10.9. The number of alkyl carbamates (subject to hydrolysis) is 1. The van der Waals surface area contributed by atoms with E-state index in [1.165, 1.54) is 4.90 Å². The zero-order valence-electron chi connectivity index (χ0n) is 23.9. The standard InChI is InChI=1S/C30H43N3O5/c1-9-20(3)25(32-29(37)38-30(6,7)8)28(36)33(16-17-34)26(23-15-14-19(2)18-22(23)5)27(35)31-24-13-11-10-12-21(24)4/h10-15,18,20,25-26,34H,9,16-17H2,1-8H3,(H,31,35)(H,32,37). The number of hydrogen-bond acceptors (Lipinski definition) is 5. The number of aliphatic hydroxyl groups excluding tert-OH is 1. The van der Waals surface area contributed by atoms with Crippen LogP contribution in [-0.4, -0.2) is 52.7 Å². The minimum Gasteiger partial charge on any atom is -0.444 e. The van der Waals surface area contributed by atoms with Gasteiger partial charge in [-0.05, 0) is 70.2 Å². The second-order valence-electron chi connectivity index (χ2n) is 10.8. The summed E-state index contributed by atoms with van der Waals surface area (Å²) in [6.45, 7) is 14.3. The van der Waals surface area contributed by atoms with Crippen LogP contribution in [0.5, 0.6) is 0 Å². The topological polar surface area (TPSA) is 108 Å². The Bertz CT molecular complexity index is 1130. The molecule has 0 bridgehead atoms. The van der Waals surface area contributed by atoms with Gasteiger partial charge in [0.25, 0.3) is 5.91 Å². The molecule has 3 N–H and O–H groups in total. The van der Waals surface area contributed by atoms with Crippen molar-refractivity contribution in [3.8, 4) is 0 Å². The summed E-state index contributed by atoms with van der Waals surface area (Å²) in [5.74, 6) is -1.13. The van der Waals surface area contributed by atoms with Gasteiger partial charge in [0.1, 0.15) is 17.7 Å². The van der Waals surface area contributed by atoms with Gasteiger partial charge in [0.15, 0.2) is 0 Å². The fourth-order valence-electron chi connectivity index (χ4n) is 4.27. The molecule has 0 saturated heterocycles. The number of nitrogens with zero attached hydrogens (tertiary/aromatic N) is 1. The molecule has 0 radical (unpaired) electrons. The molecule has 0 saturated carbocycles. The number of aryl methyl sites for hydroxylation is 3. The molecule has 2 aromatic rings. The van der Waals surface area contributed by atoms with Crippen molar-refractivity contribution in [3.05, 3.63) is 64.7 Å². The Morgan fingerprint density at radius 1 is 1.03 bits per heavy atom. The number of nitrogens with one attached hydrogen (secondary N) is 2. The predicted molar refractivity (Wildman–Crippen MR) is 150 cm³/mol. The summed E-state index contributed by atoms with van der Waals surface area (Å²) in [5.41, 5.74) is 3.27. The Labute approximate surface area is 226 Å². The molecule has 0 spiro atoms. The van der Waals surface area contributed by atoms with Crippen LogP contribution < -0.4 is 10.6 Å².